The van der Waals surface area contributed by atoms with Crippen LogP contribution in [0.2, 0.25) is 5.02 Å². The highest BCUT2D eigenvalue weighted by atomic mass is 35.5. The van der Waals surface area contributed by atoms with Gasteiger partial charge >= 0.3 is 0 Å². The van der Waals surface area contributed by atoms with Crippen LogP contribution in [-0.4, -0.2) is 34.3 Å². The Kier molecular flexibility index (Phi) is 4.93. The first kappa shape index (κ1) is 18.1. The summed E-state index contributed by atoms with van der Waals surface area (Å²) in [6.07, 6.45) is 5.56. The second kappa shape index (κ2) is 7.37. The molecular formula is C20H22ClN3O3. The molecule has 3 heterocycles. The van der Waals surface area contributed by atoms with E-state index in [1.165, 1.54) is 0 Å². The molecule has 0 aliphatic carbocycles. The number of nitrogens with zero attached hydrogens (tertiary/aromatic N) is 3. The van der Waals surface area contributed by atoms with Crippen molar-refractivity contribution in [3.05, 3.63) is 63.1 Å². The van der Waals surface area contributed by atoms with Gasteiger partial charge in [-0.1, -0.05) is 17.7 Å². The second-order valence-corrected chi connectivity index (χ2v) is 7.30. The number of ether oxygens (including phenoxy) is 2. The Morgan fingerprint density at radius 2 is 2.11 bits per heavy atom. The molecule has 0 saturated carbocycles. The SMILES string of the molecule is COc1ccc(Cn2c(C)cn3c(C4CCOCC4)ncc3c2=O)cc1Cl. The van der Waals surface area contributed by atoms with Gasteiger partial charge in [0.25, 0.3) is 5.56 Å². The lowest BCUT2D eigenvalue weighted by Gasteiger charge is -2.21. The van der Waals surface area contributed by atoms with Crippen molar-refractivity contribution in [2.45, 2.75) is 32.2 Å². The standard InChI is InChI=1S/C20H22ClN3O3/c1-13-11-24-17(10-22-19(24)15-5-7-27-8-6-15)20(25)23(13)12-14-3-4-18(26-2)16(21)9-14/h3-4,9-11,15H,5-8,12H2,1-2H3. The maximum absolute atomic E-state index is 13.1. The second-order valence-electron chi connectivity index (χ2n) is 6.89. The van der Waals surface area contributed by atoms with Gasteiger partial charge < -0.3 is 14.0 Å². The first-order valence-corrected chi connectivity index (χ1v) is 9.44. The summed E-state index contributed by atoms with van der Waals surface area (Å²) in [4.78, 5) is 17.6. The predicted octanol–water partition coefficient (Wildman–Crippen LogP) is 3.41. The summed E-state index contributed by atoms with van der Waals surface area (Å²) in [6.45, 7) is 3.88. The van der Waals surface area contributed by atoms with Crippen LogP contribution in [0.15, 0.2) is 35.4 Å². The average Bonchev–Trinajstić information content (AvgIpc) is 3.10. The van der Waals surface area contributed by atoms with Crippen molar-refractivity contribution in [3.63, 3.8) is 0 Å². The van der Waals surface area contributed by atoms with Crippen molar-refractivity contribution in [1.82, 2.24) is 14.0 Å². The van der Waals surface area contributed by atoms with Crippen LogP contribution in [0.1, 0.15) is 35.8 Å². The zero-order valence-corrected chi connectivity index (χ0v) is 16.2. The number of benzene rings is 1. The van der Waals surface area contributed by atoms with E-state index in [1.807, 2.05) is 35.7 Å². The molecule has 7 heteroatoms. The number of aromatic nitrogens is 3. The molecule has 1 aliphatic heterocycles. The molecule has 0 radical (unpaired) electrons. The maximum atomic E-state index is 13.1. The lowest BCUT2D eigenvalue weighted by Crippen LogP contribution is -2.25. The van der Waals surface area contributed by atoms with Crippen molar-refractivity contribution in [2.75, 3.05) is 20.3 Å². The molecule has 6 nitrogen and oxygen atoms in total. The van der Waals surface area contributed by atoms with Gasteiger partial charge in [-0.05, 0) is 37.5 Å². The van der Waals surface area contributed by atoms with E-state index in [2.05, 4.69) is 4.98 Å². The van der Waals surface area contributed by atoms with Crippen molar-refractivity contribution in [3.8, 4) is 5.75 Å². The first-order chi connectivity index (χ1) is 13.1. The van der Waals surface area contributed by atoms with Crippen LogP contribution in [0.4, 0.5) is 0 Å². The van der Waals surface area contributed by atoms with Gasteiger partial charge in [-0.2, -0.15) is 0 Å². The molecule has 1 aromatic carbocycles. The summed E-state index contributed by atoms with van der Waals surface area (Å²) in [5.74, 6) is 1.90. The molecule has 4 rings (SSSR count). The highest BCUT2D eigenvalue weighted by Crippen LogP contribution is 2.27. The molecule has 2 aromatic heterocycles. The Morgan fingerprint density at radius 1 is 1.33 bits per heavy atom. The summed E-state index contributed by atoms with van der Waals surface area (Å²) in [6, 6.07) is 5.57. The van der Waals surface area contributed by atoms with E-state index in [0.29, 0.717) is 28.8 Å². The minimum Gasteiger partial charge on any atom is -0.495 e. The molecule has 1 fully saturated rings. The van der Waals surface area contributed by atoms with Gasteiger partial charge in [0.15, 0.2) is 0 Å². The van der Waals surface area contributed by atoms with Crippen LogP contribution < -0.4 is 10.3 Å². The third kappa shape index (κ3) is 3.35. The number of fused-ring (bicyclic) bond motifs is 1. The monoisotopic (exact) mass is 387 g/mol. The highest BCUT2D eigenvalue weighted by molar-refractivity contribution is 6.32. The minimum absolute atomic E-state index is 0.0484. The smallest absolute Gasteiger partial charge is 0.276 e. The predicted molar refractivity (Wildman–Crippen MR) is 104 cm³/mol. The van der Waals surface area contributed by atoms with Gasteiger partial charge in [-0.25, -0.2) is 4.98 Å². The molecule has 0 N–H and O–H groups in total. The number of methoxy groups -OCH3 is 1. The zero-order valence-electron chi connectivity index (χ0n) is 15.4. The van der Waals surface area contributed by atoms with Gasteiger partial charge in [0.05, 0.1) is 24.9 Å². The fourth-order valence-electron chi connectivity index (χ4n) is 3.67. The Hall–Kier alpha value is -2.31. The van der Waals surface area contributed by atoms with Crippen molar-refractivity contribution < 1.29 is 9.47 Å². The van der Waals surface area contributed by atoms with Gasteiger partial charge in [0.1, 0.15) is 17.1 Å². The minimum atomic E-state index is -0.0484. The average molecular weight is 388 g/mol. The zero-order chi connectivity index (χ0) is 19.0. The third-order valence-corrected chi connectivity index (χ3v) is 5.47. The largest absolute Gasteiger partial charge is 0.495 e. The Bertz CT molecular complexity index is 1030. The lowest BCUT2D eigenvalue weighted by atomic mass is 10.00. The highest BCUT2D eigenvalue weighted by Gasteiger charge is 2.22. The van der Waals surface area contributed by atoms with Crippen LogP contribution in [0.5, 0.6) is 5.75 Å². The fraction of sp³-hybridized carbons (Fsp3) is 0.400. The van der Waals surface area contributed by atoms with Gasteiger partial charge in [0, 0.05) is 31.0 Å². The Morgan fingerprint density at radius 3 is 2.81 bits per heavy atom. The van der Waals surface area contributed by atoms with E-state index in [4.69, 9.17) is 21.1 Å². The van der Waals surface area contributed by atoms with E-state index in [0.717, 1.165) is 43.1 Å². The normalized spacial score (nSPS) is 15.4. The molecule has 0 bridgehead atoms. The van der Waals surface area contributed by atoms with Crippen LogP contribution in [0, 0.1) is 6.92 Å². The van der Waals surface area contributed by atoms with Crippen LogP contribution in [0.3, 0.4) is 0 Å². The quantitative estimate of drug-likeness (QED) is 0.688. The van der Waals surface area contributed by atoms with E-state index in [1.54, 1.807) is 17.9 Å². The van der Waals surface area contributed by atoms with Crippen LogP contribution in [0.25, 0.3) is 5.52 Å². The number of aryl methyl sites for hydroxylation is 1. The molecule has 142 valence electrons. The Labute approximate surface area is 162 Å². The van der Waals surface area contributed by atoms with Crippen LogP contribution >= 0.6 is 11.6 Å². The summed E-state index contributed by atoms with van der Waals surface area (Å²) in [5.41, 5.74) is 2.37. The van der Waals surface area contributed by atoms with Gasteiger partial charge in [-0.3, -0.25) is 9.20 Å². The number of imidazole rings is 1. The molecule has 1 saturated heterocycles. The van der Waals surface area contributed by atoms with E-state index < -0.39 is 0 Å². The number of hydrogen-bond acceptors (Lipinski definition) is 4. The number of halogens is 1. The first-order valence-electron chi connectivity index (χ1n) is 9.06. The summed E-state index contributed by atoms with van der Waals surface area (Å²) in [5, 5.41) is 0.535. The molecule has 0 unspecified atom stereocenters. The van der Waals surface area contributed by atoms with Gasteiger partial charge in [0.2, 0.25) is 0 Å². The Balaban J connectivity index is 1.72. The lowest BCUT2D eigenvalue weighted by molar-refractivity contribution is 0.0835. The van der Waals surface area contributed by atoms with Crippen molar-refractivity contribution in [2.24, 2.45) is 0 Å². The molecule has 1 aliphatic rings. The van der Waals surface area contributed by atoms with E-state index >= 15 is 0 Å². The van der Waals surface area contributed by atoms with E-state index in [-0.39, 0.29) is 5.56 Å². The number of rotatable bonds is 4. The molecule has 27 heavy (non-hydrogen) atoms. The van der Waals surface area contributed by atoms with E-state index in [9.17, 15) is 4.79 Å². The molecule has 0 amide bonds. The molecule has 0 spiro atoms. The molecular weight excluding hydrogens is 366 g/mol. The number of hydrogen-bond donors (Lipinski definition) is 0. The van der Waals surface area contributed by atoms with Crippen molar-refractivity contribution in [1.29, 1.82) is 0 Å². The molecule has 0 atom stereocenters. The van der Waals surface area contributed by atoms with Crippen LogP contribution in [-0.2, 0) is 11.3 Å². The summed E-state index contributed by atoms with van der Waals surface area (Å²) in [7, 11) is 1.58. The van der Waals surface area contributed by atoms with Gasteiger partial charge in [-0.15, -0.1) is 0 Å². The van der Waals surface area contributed by atoms with Crippen molar-refractivity contribution >= 4 is 17.1 Å². The topological polar surface area (TPSA) is 57.8 Å². The maximum Gasteiger partial charge on any atom is 0.276 e. The third-order valence-electron chi connectivity index (χ3n) is 5.17. The summed E-state index contributed by atoms with van der Waals surface area (Å²) >= 11 is 6.22. The molecule has 3 aromatic rings. The fourth-order valence-corrected chi connectivity index (χ4v) is 3.95. The summed E-state index contributed by atoms with van der Waals surface area (Å²) < 4.78 is 14.3.